The number of non-ortho nitro benzene ring substituents is 2. The van der Waals surface area contributed by atoms with Gasteiger partial charge in [0.25, 0.3) is 11.4 Å². The van der Waals surface area contributed by atoms with Gasteiger partial charge in [0.05, 0.1) is 9.85 Å². The number of hydrogen-bond donors (Lipinski definition) is 2. The minimum absolute atomic E-state index is 0.100. The second-order valence-corrected chi connectivity index (χ2v) is 6.92. The Kier molecular flexibility index (Phi) is 6.73. The van der Waals surface area contributed by atoms with Crippen LogP contribution in [0.2, 0.25) is 0 Å². The first-order chi connectivity index (χ1) is 14.8. The van der Waals surface area contributed by atoms with Crippen molar-refractivity contribution < 1.29 is 20.1 Å². The van der Waals surface area contributed by atoms with E-state index in [4.69, 9.17) is 0 Å². The summed E-state index contributed by atoms with van der Waals surface area (Å²) >= 11 is 0. The maximum Gasteiger partial charge on any atom is 0.270 e. The van der Waals surface area contributed by atoms with Crippen LogP contribution in [0, 0.1) is 20.2 Å². The number of nitrogens with zero attached hydrogens (tertiary/aromatic N) is 4. The van der Waals surface area contributed by atoms with Gasteiger partial charge in [-0.05, 0) is 24.3 Å². The first kappa shape index (κ1) is 21.7. The van der Waals surface area contributed by atoms with Gasteiger partial charge in [-0.25, -0.2) is 0 Å². The summed E-state index contributed by atoms with van der Waals surface area (Å²) < 4.78 is 0. The highest BCUT2D eigenvalue weighted by molar-refractivity contribution is 5.44. The van der Waals surface area contributed by atoms with Crippen molar-refractivity contribution in [2.75, 3.05) is 6.54 Å². The Balaban J connectivity index is 1.88. The number of rotatable bonds is 9. The molecule has 0 atom stereocenters. The van der Waals surface area contributed by atoms with E-state index in [9.17, 15) is 30.4 Å². The smallest absolute Gasteiger partial charge is 0.270 e. The number of aromatic nitrogens is 1. The predicted molar refractivity (Wildman–Crippen MR) is 112 cm³/mol. The number of nitro benzene ring substituents is 2. The van der Waals surface area contributed by atoms with E-state index in [1.807, 2.05) is 17.0 Å². The molecule has 0 amide bonds. The summed E-state index contributed by atoms with van der Waals surface area (Å²) in [5, 5.41) is 42.6. The number of nitro groups is 2. The van der Waals surface area contributed by atoms with Crippen LogP contribution in [0.15, 0.2) is 60.8 Å². The van der Waals surface area contributed by atoms with Crippen LogP contribution >= 0.6 is 0 Å². The van der Waals surface area contributed by atoms with Crippen molar-refractivity contribution in [1.82, 2.24) is 9.88 Å². The van der Waals surface area contributed by atoms with Gasteiger partial charge in [-0.3, -0.25) is 30.1 Å². The molecule has 0 unspecified atom stereocenters. The molecule has 31 heavy (non-hydrogen) atoms. The average molecular weight is 424 g/mol. The van der Waals surface area contributed by atoms with Crippen LogP contribution in [0.3, 0.4) is 0 Å². The third-order valence-corrected chi connectivity index (χ3v) is 4.75. The van der Waals surface area contributed by atoms with Gasteiger partial charge in [-0.1, -0.05) is 6.07 Å². The third kappa shape index (κ3) is 5.73. The minimum atomic E-state index is -0.548. The van der Waals surface area contributed by atoms with Crippen LogP contribution in [0.5, 0.6) is 11.5 Å². The molecule has 0 fully saturated rings. The molecule has 0 bridgehead atoms. The normalized spacial score (nSPS) is 10.9. The molecule has 0 aliphatic carbocycles. The van der Waals surface area contributed by atoms with Crippen LogP contribution < -0.4 is 0 Å². The highest BCUT2D eigenvalue weighted by Gasteiger charge is 2.17. The van der Waals surface area contributed by atoms with Crippen LogP contribution in [0.1, 0.15) is 16.8 Å². The molecular weight excluding hydrogens is 404 g/mol. The second-order valence-electron chi connectivity index (χ2n) is 6.92. The van der Waals surface area contributed by atoms with Gasteiger partial charge in [-0.2, -0.15) is 0 Å². The van der Waals surface area contributed by atoms with Crippen molar-refractivity contribution in [3.63, 3.8) is 0 Å². The summed E-state index contributed by atoms with van der Waals surface area (Å²) in [6.07, 6.45) is 2.20. The summed E-state index contributed by atoms with van der Waals surface area (Å²) in [5.41, 5.74) is 1.17. The highest BCUT2D eigenvalue weighted by Crippen LogP contribution is 2.28. The molecule has 0 saturated carbocycles. The zero-order valence-electron chi connectivity index (χ0n) is 16.4. The van der Waals surface area contributed by atoms with E-state index >= 15 is 0 Å². The molecule has 2 aromatic carbocycles. The van der Waals surface area contributed by atoms with Gasteiger partial charge < -0.3 is 10.2 Å². The molecule has 0 aliphatic rings. The molecule has 1 heterocycles. The lowest BCUT2D eigenvalue weighted by Gasteiger charge is -2.23. The van der Waals surface area contributed by atoms with E-state index in [2.05, 4.69) is 4.98 Å². The van der Waals surface area contributed by atoms with Crippen LogP contribution in [0.4, 0.5) is 11.4 Å². The van der Waals surface area contributed by atoms with E-state index in [0.29, 0.717) is 24.1 Å². The zero-order valence-corrected chi connectivity index (χ0v) is 16.4. The van der Waals surface area contributed by atoms with Crippen LogP contribution in [-0.4, -0.2) is 36.5 Å². The number of phenolic OH excluding ortho intramolecular Hbond substituents is 2. The van der Waals surface area contributed by atoms with Crippen molar-refractivity contribution in [3.8, 4) is 11.5 Å². The lowest BCUT2D eigenvalue weighted by atomic mass is 10.1. The first-order valence-corrected chi connectivity index (χ1v) is 9.38. The lowest BCUT2D eigenvalue weighted by molar-refractivity contribution is -0.385. The van der Waals surface area contributed by atoms with E-state index < -0.39 is 9.85 Å². The molecule has 10 nitrogen and oxygen atoms in total. The molecule has 10 heteroatoms. The number of benzene rings is 2. The fourth-order valence-electron chi connectivity index (χ4n) is 3.14. The third-order valence-electron chi connectivity index (χ3n) is 4.75. The molecule has 0 radical (unpaired) electrons. The number of phenols is 2. The summed E-state index contributed by atoms with van der Waals surface area (Å²) in [4.78, 5) is 27.2. The van der Waals surface area contributed by atoms with Crippen molar-refractivity contribution >= 4 is 11.4 Å². The molecule has 3 rings (SSSR count). The van der Waals surface area contributed by atoms with E-state index in [0.717, 1.165) is 5.69 Å². The highest BCUT2D eigenvalue weighted by atomic mass is 16.6. The maximum absolute atomic E-state index is 11.1. The summed E-state index contributed by atoms with van der Waals surface area (Å²) in [6, 6.07) is 13.0. The fraction of sp³-hybridized carbons (Fsp3) is 0.190. The Morgan fingerprint density at radius 2 is 1.39 bits per heavy atom. The van der Waals surface area contributed by atoms with E-state index in [1.165, 1.54) is 36.4 Å². The van der Waals surface area contributed by atoms with Gasteiger partial charge in [0.1, 0.15) is 11.5 Å². The van der Waals surface area contributed by atoms with E-state index in [1.54, 1.807) is 12.3 Å². The minimum Gasteiger partial charge on any atom is -0.508 e. The molecule has 0 aliphatic heterocycles. The first-order valence-electron chi connectivity index (χ1n) is 9.38. The topological polar surface area (TPSA) is 143 Å². The number of hydrogen-bond acceptors (Lipinski definition) is 8. The van der Waals surface area contributed by atoms with E-state index in [-0.39, 0.29) is 36.0 Å². The average Bonchev–Trinajstić information content (AvgIpc) is 2.75. The largest absolute Gasteiger partial charge is 0.508 e. The standard InChI is InChI=1S/C21H20N4O6/c26-20-6-4-18(24(28)29)11-15(20)13-23(10-8-17-3-1-2-9-22-17)14-16-12-19(25(30)31)5-7-21(16)27/h1-7,9,11-12,26-27H,8,10,13-14H2. The molecule has 0 spiro atoms. The van der Waals surface area contributed by atoms with Gasteiger partial charge in [0, 0.05) is 73.3 Å². The Bertz CT molecular complexity index is 1020. The van der Waals surface area contributed by atoms with Gasteiger partial charge in [-0.15, -0.1) is 0 Å². The summed E-state index contributed by atoms with van der Waals surface area (Å²) in [6.45, 7) is 0.687. The SMILES string of the molecule is O=[N+]([O-])c1ccc(O)c(CN(CCc2ccccn2)Cc2cc([N+](=O)[O-])ccc2O)c1. The molecule has 0 saturated heterocycles. The quantitative estimate of drug-likeness (QED) is 0.392. The van der Waals surface area contributed by atoms with Gasteiger partial charge >= 0.3 is 0 Å². The molecular formula is C21H20N4O6. The lowest BCUT2D eigenvalue weighted by Crippen LogP contribution is -2.26. The fourth-order valence-corrected chi connectivity index (χ4v) is 3.14. The van der Waals surface area contributed by atoms with Crippen molar-refractivity contribution in [1.29, 1.82) is 0 Å². The Morgan fingerprint density at radius 3 is 1.84 bits per heavy atom. The van der Waals surface area contributed by atoms with Crippen molar-refractivity contribution in [2.45, 2.75) is 19.5 Å². The maximum atomic E-state index is 11.1. The Labute approximate surface area is 177 Å². The molecule has 1 aromatic heterocycles. The monoisotopic (exact) mass is 424 g/mol. The predicted octanol–water partition coefficient (Wildman–Crippen LogP) is 3.55. The Hall–Kier alpha value is -4.05. The number of pyridine rings is 1. The van der Waals surface area contributed by atoms with Crippen LogP contribution in [0.25, 0.3) is 0 Å². The molecule has 160 valence electrons. The Morgan fingerprint density at radius 1 is 0.839 bits per heavy atom. The van der Waals surface area contributed by atoms with Crippen molar-refractivity contribution in [3.05, 3.63) is 97.8 Å². The summed E-state index contributed by atoms with van der Waals surface area (Å²) in [7, 11) is 0. The van der Waals surface area contributed by atoms with Gasteiger partial charge in [0.15, 0.2) is 0 Å². The van der Waals surface area contributed by atoms with Crippen LogP contribution in [-0.2, 0) is 19.5 Å². The second kappa shape index (κ2) is 9.63. The van der Waals surface area contributed by atoms with Crippen molar-refractivity contribution in [2.24, 2.45) is 0 Å². The molecule has 3 aromatic rings. The molecule has 2 N–H and O–H groups in total. The number of aromatic hydroxyl groups is 2. The zero-order chi connectivity index (χ0) is 22.4. The van der Waals surface area contributed by atoms with Gasteiger partial charge in [0.2, 0.25) is 0 Å². The summed E-state index contributed by atoms with van der Waals surface area (Å²) in [5.74, 6) is -0.201.